The van der Waals surface area contributed by atoms with Crippen LogP contribution in [0, 0.1) is 0 Å². The molecule has 9 heteroatoms. The molecule has 144 valence electrons. The van der Waals surface area contributed by atoms with E-state index in [0.29, 0.717) is 11.3 Å². The zero-order valence-electron chi connectivity index (χ0n) is 14.3. The maximum atomic E-state index is 12.7. The Morgan fingerprint density at radius 3 is 2.56 bits per heavy atom. The molecule has 27 heavy (non-hydrogen) atoms. The van der Waals surface area contributed by atoms with E-state index in [1.807, 2.05) is 0 Å². The first kappa shape index (κ1) is 19.3. The van der Waals surface area contributed by atoms with E-state index in [-0.39, 0.29) is 30.2 Å². The van der Waals surface area contributed by atoms with E-state index >= 15 is 0 Å². The van der Waals surface area contributed by atoms with Gasteiger partial charge < -0.3 is 14.6 Å². The molecule has 1 aliphatic heterocycles. The Bertz CT molecular complexity index is 806. The van der Waals surface area contributed by atoms with Crippen LogP contribution in [0.15, 0.2) is 47.1 Å². The van der Waals surface area contributed by atoms with Crippen LogP contribution < -0.4 is 5.32 Å². The van der Waals surface area contributed by atoms with Gasteiger partial charge in [0.25, 0.3) is 0 Å². The second-order valence-corrected chi connectivity index (χ2v) is 7.50. The van der Waals surface area contributed by atoms with Gasteiger partial charge in [0.15, 0.2) is 0 Å². The van der Waals surface area contributed by atoms with E-state index in [1.165, 1.54) is 35.1 Å². The molecule has 5 nitrogen and oxygen atoms in total. The fraction of sp³-hybridized carbons (Fsp3) is 0.333. The molecule has 1 fully saturated rings. The molecular formula is C18H17F3N2O3S. The molecule has 1 aromatic carbocycles. The monoisotopic (exact) mass is 398 g/mol. The van der Waals surface area contributed by atoms with Crippen LogP contribution in [-0.4, -0.2) is 28.5 Å². The highest BCUT2D eigenvalue weighted by Crippen LogP contribution is 2.43. The highest BCUT2D eigenvalue weighted by Gasteiger charge is 2.40. The van der Waals surface area contributed by atoms with Crippen molar-refractivity contribution in [3.8, 4) is 0 Å². The van der Waals surface area contributed by atoms with Crippen LogP contribution in [0.5, 0.6) is 0 Å². The molecule has 1 aromatic heterocycles. The van der Waals surface area contributed by atoms with Gasteiger partial charge in [-0.05, 0) is 36.8 Å². The smallest absolute Gasteiger partial charge is 0.416 e. The Hall–Kier alpha value is -2.42. The minimum absolute atomic E-state index is 0.178. The van der Waals surface area contributed by atoms with Crippen LogP contribution in [-0.2, 0) is 22.3 Å². The van der Waals surface area contributed by atoms with Crippen LogP contribution >= 0.6 is 11.8 Å². The molecule has 2 heterocycles. The number of nitrogens with zero attached hydrogens (tertiary/aromatic N) is 1. The summed E-state index contributed by atoms with van der Waals surface area (Å²) in [5.41, 5.74) is -0.208. The summed E-state index contributed by atoms with van der Waals surface area (Å²) in [6, 6.07) is 8.07. The van der Waals surface area contributed by atoms with Gasteiger partial charge in [0.1, 0.15) is 17.7 Å². The van der Waals surface area contributed by atoms with Gasteiger partial charge in [-0.25, -0.2) is 0 Å². The normalized spacial score (nSPS) is 20.1. The highest BCUT2D eigenvalue weighted by molar-refractivity contribution is 8.01. The van der Waals surface area contributed by atoms with E-state index in [4.69, 9.17) is 4.42 Å². The Morgan fingerprint density at radius 1 is 1.26 bits per heavy atom. The topological polar surface area (TPSA) is 62.6 Å². The van der Waals surface area contributed by atoms with Crippen molar-refractivity contribution in [2.24, 2.45) is 0 Å². The van der Waals surface area contributed by atoms with Crippen LogP contribution in [0.25, 0.3) is 0 Å². The molecule has 0 saturated carbocycles. The number of carbonyl (C=O) groups is 2. The zero-order chi connectivity index (χ0) is 19.6. The number of amides is 2. The summed E-state index contributed by atoms with van der Waals surface area (Å²) in [5, 5.41) is 1.77. The van der Waals surface area contributed by atoms with Gasteiger partial charge in [0.2, 0.25) is 11.8 Å². The van der Waals surface area contributed by atoms with Gasteiger partial charge in [0, 0.05) is 0 Å². The first-order valence-electron chi connectivity index (χ1n) is 8.18. The summed E-state index contributed by atoms with van der Waals surface area (Å²) < 4.78 is 43.4. The van der Waals surface area contributed by atoms with Crippen molar-refractivity contribution >= 4 is 23.6 Å². The molecule has 3 rings (SSSR count). The Kier molecular flexibility index (Phi) is 5.50. The predicted molar refractivity (Wildman–Crippen MR) is 93.5 cm³/mol. The summed E-state index contributed by atoms with van der Waals surface area (Å²) in [7, 11) is 0. The second-order valence-electron chi connectivity index (χ2n) is 6.07. The quantitative estimate of drug-likeness (QED) is 0.836. The molecular weight excluding hydrogens is 381 g/mol. The average molecular weight is 398 g/mol. The van der Waals surface area contributed by atoms with E-state index in [2.05, 4.69) is 5.32 Å². The van der Waals surface area contributed by atoms with Crippen molar-refractivity contribution in [2.45, 2.75) is 30.3 Å². The minimum atomic E-state index is -4.42. The van der Waals surface area contributed by atoms with Crippen LogP contribution in [0.4, 0.5) is 13.2 Å². The summed E-state index contributed by atoms with van der Waals surface area (Å²) in [4.78, 5) is 26.0. The number of rotatable bonds is 5. The lowest BCUT2D eigenvalue weighted by Crippen LogP contribution is -2.40. The number of carbonyl (C=O) groups excluding carboxylic acids is 2. The fourth-order valence-corrected chi connectivity index (χ4v) is 4.02. The molecule has 0 spiro atoms. The number of hydrogen-bond acceptors (Lipinski definition) is 4. The number of halogens is 3. The molecule has 2 amide bonds. The third-order valence-electron chi connectivity index (χ3n) is 4.12. The van der Waals surface area contributed by atoms with Crippen molar-refractivity contribution < 1.29 is 27.2 Å². The summed E-state index contributed by atoms with van der Waals surface area (Å²) in [5.74, 6) is -0.0115. The fourth-order valence-electron chi connectivity index (χ4n) is 2.74. The van der Waals surface area contributed by atoms with Crippen molar-refractivity contribution in [2.75, 3.05) is 6.54 Å². The van der Waals surface area contributed by atoms with Crippen molar-refractivity contribution in [3.05, 3.63) is 59.5 Å². The van der Waals surface area contributed by atoms with E-state index < -0.39 is 17.1 Å². The number of hydrogen-bond donors (Lipinski definition) is 1. The van der Waals surface area contributed by atoms with Crippen LogP contribution in [0.2, 0.25) is 0 Å². The molecule has 2 atom stereocenters. The number of furan rings is 1. The lowest BCUT2D eigenvalue weighted by molar-refractivity contribution is -0.137. The van der Waals surface area contributed by atoms with Crippen molar-refractivity contribution in [3.63, 3.8) is 0 Å². The van der Waals surface area contributed by atoms with Gasteiger partial charge in [-0.2, -0.15) is 13.2 Å². The predicted octanol–water partition coefficient (Wildman–Crippen LogP) is 3.58. The molecule has 1 N–H and O–H groups in total. The van der Waals surface area contributed by atoms with Gasteiger partial charge in [-0.15, -0.1) is 11.8 Å². The van der Waals surface area contributed by atoms with Gasteiger partial charge in [-0.1, -0.05) is 12.1 Å². The lowest BCUT2D eigenvalue weighted by atomic mass is 10.1. The molecule has 0 bridgehead atoms. The molecule has 0 radical (unpaired) electrons. The van der Waals surface area contributed by atoms with Crippen LogP contribution in [0.3, 0.4) is 0 Å². The Balaban J connectivity index is 1.70. The van der Waals surface area contributed by atoms with Gasteiger partial charge >= 0.3 is 6.18 Å². The molecule has 0 aliphatic carbocycles. The number of alkyl halides is 3. The summed E-state index contributed by atoms with van der Waals surface area (Å²) in [6.45, 7) is 1.73. The standard InChI is InChI=1S/C18H17F3N2O3S/c1-11-16(25)23(10-15(24)22-9-14-3-2-8-26-14)17(27-11)12-4-6-13(7-5-12)18(19,20)21/h2-8,11,17H,9-10H2,1H3,(H,22,24)/t11-,17+/m1/s1. The number of thioether (sulfide) groups is 1. The Morgan fingerprint density at radius 2 is 1.96 bits per heavy atom. The van der Waals surface area contributed by atoms with Crippen molar-refractivity contribution in [1.29, 1.82) is 0 Å². The maximum Gasteiger partial charge on any atom is 0.416 e. The van der Waals surface area contributed by atoms with Gasteiger partial charge in [-0.3, -0.25) is 9.59 Å². The largest absolute Gasteiger partial charge is 0.467 e. The molecule has 1 aliphatic rings. The van der Waals surface area contributed by atoms with Crippen molar-refractivity contribution in [1.82, 2.24) is 10.2 Å². The number of benzene rings is 1. The van der Waals surface area contributed by atoms with Crippen LogP contribution in [0.1, 0.15) is 29.2 Å². The zero-order valence-corrected chi connectivity index (χ0v) is 15.1. The van der Waals surface area contributed by atoms with E-state index in [1.54, 1.807) is 19.1 Å². The highest BCUT2D eigenvalue weighted by atomic mass is 32.2. The summed E-state index contributed by atoms with van der Waals surface area (Å²) in [6.07, 6.45) is -2.93. The second kappa shape index (κ2) is 7.67. The molecule has 2 aromatic rings. The first-order valence-corrected chi connectivity index (χ1v) is 9.12. The Labute approximate surface area is 157 Å². The average Bonchev–Trinajstić information content (AvgIpc) is 3.23. The summed E-state index contributed by atoms with van der Waals surface area (Å²) >= 11 is 1.30. The van der Waals surface area contributed by atoms with E-state index in [0.717, 1.165) is 12.1 Å². The molecule has 0 unspecified atom stereocenters. The maximum absolute atomic E-state index is 12.7. The van der Waals surface area contributed by atoms with Gasteiger partial charge in [0.05, 0.1) is 23.6 Å². The lowest BCUT2D eigenvalue weighted by Gasteiger charge is -2.24. The third-order valence-corrected chi connectivity index (χ3v) is 5.52. The SMILES string of the molecule is C[C@H]1S[C@@H](c2ccc(C(F)(F)F)cc2)N(CC(=O)NCc2ccco2)C1=O. The minimum Gasteiger partial charge on any atom is -0.467 e. The molecule has 1 saturated heterocycles. The first-order chi connectivity index (χ1) is 12.8. The third kappa shape index (κ3) is 4.47. The van der Waals surface area contributed by atoms with E-state index in [9.17, 15) is 22.8 Å². The number of nitrogens with one attached hydrogen (secondary N) is 1.